The molecule has 1 aromatic carbocycles. The van der Waals surface area contributed by atoms with Crippen LogP contribution in [0.15, 0.2) is 70.8 Å². The number of rotatable bonds is 4. The standard InChI is InChI=1S/C22H22ClNO2S/c1-4-16-11-15(2)5-6-18(12-16)22-21(13-19(23)14-24-22)17-7-9-20(10-8-17)27(3,25)26/h5-10,12-14H,4,11H2,1-3H3. The summed E-state index contributed by atoms with van der Waals surface area (Å²) in [6, 6.07) is 8.72. The van der Waals surface area contributed by atoms with Crippen molar-refractivity contribution < 1.29 is 8.42 Å². The third kappa shape index (κ3) is 4.57. The quantitative estimate of drug-likeness (QED) is 0.645. The van der Waals surface area contributed by atoms with Gasteiger partial charge in [-0.25, -0.2) is 8.42 Å². The molecule has 2 aromatic rings. The number of halogens is 1. The zero-order valence-electron chi connectivity index (χ0n) is 15.7. The summed E-state index contributed by atoms with van der Waals surface area (Å²) in [6.07, 6.45) is 11.2. The summed E-state index contributed by atoms with van der Waals surface area (Å²) in [5.74, 6) is 0. The van der Waals surface area contributed by atoms with Crippen LogP contribution in [-0.4, -0.2) is 19.7 Å². The molecule has 0 saturated carbocycles. The van der Waals surface area contributed by atoms with E-state index in [1.165, 1.54) is 17.4 Å². The van der Waals surface area contributed by atoms with E-state index < -0.39 is 9.84 Å². The van der Waals surface area contributed by atoms with E-state index in [4.69, 9.17) is 11.6 Å². The van der Waals surface area contributed by atoms with E-state index in [9.17, 15) is 8.42 Å². The minimum atomic E-state index is -3.23. The Labute approximate surface area is 166 Å². The Hall–Kier alpha value is -2.17. The summed E-state index contributed by atoms with van der Waals surface area (Å²) in [5.41, 5.74) is 6.29. The minimum Gasteiger partial charge on any atom is -0.254 e. The molecule has 1 aliphatic rings. The molecule has 1 heterocycles. The lowest BCUT2D eigenvalue weighted by Gasteiger charge is -2.12. The number of allylic oxidation sites excluding steroid dienone is 6. The molecule has 0 N–H and O–H groups in total. The van der Waals surface area contributed by atoms with Crippen LogP contribution in [-0.2, 0) is 9.84 Å². The molecule has 0 unspecified atom stereocenters. The van der Waals surface area contributed by atoms with Crippen molar-refractivity contribution in [3.05, 3.63) is 76.6 Å². The fraction of sp³-hybridized carbons (Fsp3) is 0.227. The number of hydrogen-bond acceptors (Lipinski definition) is 3. The van der Waals surface area contributed by atoms with Gasteiger partial charge in [-0.15, -0.1) is 0 Å². The van der Waals surface area contributed by atoms with E-state index in [0.29, 0.717) is 9.92 Å². The number of sulfone groups is 1. The monoisotopic (exact) mass is 399 g/mol. The van der Waals surface area contributed by atoms with Gasteiger partial charge in [-0.1, -0.05) is 60.0 Å². The van der Waals surface area contributed by atoms with Crippen molar-refractivity contribution in [2.45, 2.75) is 31.6 Å². The van der Waals surface area contributed by atoms with Gasteiger partial charge >= 0.3 is 0 Å². The van der Waals surface area contributed by atoms with Crippen LogP contribution in [0.1, 0.15) is 32.4 Å². The van der Waals surface area contributed by atoms with Crippen LogP contribution in [0.2, 0.25) is 5.02 Å². The van der Waals surface area contributed by atoms with E-state index in [2.05, 4.69) is 37.1 Å². The summed E-state index contributed by atoms with van der Waals surface area (Å²) < 4.78 is 23.5. The molecule has 5 heteroatoms. The molecule has 0 fully saturated rings. The number of nitrogens with zero attached hydrogens (tertiary/aromatic N) is 1. The third-order valence-electron chi connectivity index (χ3n) is 4.59. The van der Waals surface area contributed by atoms with Crippen molar-refractivity contribution in [1.29, 1.82) is 0 Å². The van der Waals surface area contributed by atoms with Crippen LogP contribution < -0.4 is 0 Å². The maximum Gasteiger partial charge on any atom is 0.175 e. The van der Waals surface area contributed by atoms with Crippen molar-refractivity contribution in [3.63, 3.8) is 0 Å². The van der Waals surface area contributed by atoms with Crippen LogP contribution in [0.3, 0.4) is 0 Å². The van der Waals surface area contributed by atoms with Gasteiger partial charge in [0, 0.05) is 23.6 Å². The van der Waals surface area contributed by atoms with Crippen molar-refractivity contribution in [1.82, 2.24) is 4.98 Å². The first-order valence-corrected chi connectivity index (χ1v) is 11.1. The van der Waals surface area contributed by atoms with Crippen molar-refractivity contribution >= 4 is 27.0 Å². The molecule has 27 heavy (non-hydrogen) atoms. The topological polar surface area (TPSA) is 47.0 Å². The molecule has 0 radical (unpaired) electrons. The lowest BCUT2D eigenvalue weighted by atomic mass is 9.97. The Morgan fingerprint density at radius 3 is 2.48 bits per heavy atom. The lowest BCUT2D eigenvalue weighted by Crippen LogP contribution is -1.97. The fourth-order valence-corrected chi connectivity index (χ4v) is 3.90. The molecule has 0 bridgehead atoms. The summed E-state index contributed by atoms with van der Waals surface area (Å²) in [6.45, 7) is 4.28. The van der Waals surface area contributed by atoms with Crippen LogP contribution >= 0.6 is 11.6 Å². The second-order valence-corrected chi connectivity index (χ2v) is 9.27. The molecule has 3 nitrogen and oxygen atoms in total. The van der Waals surface area contributed by atoms with Gasteiger partial charge in [0.05, 0.1) is 15.6 Å². The molecular weight excluding hydrogens is 378 g/mol. The average molecular weight is 400 g/mol. The molecule has 0 amide bonds. The number of pyridine rings is 1. The highest BCUT2D eigenvalue weighted by atomic mass is 35.5. The first-order valence-electron chi connectivity index (χ1n) is 8.81. The number of aromatic nitrogens is 1. The van der Waals surface area contributed by atoms with Gasteiger partial charge in [0.25, 0.3) is 0 Å². The molecule has 0 saturated heterocycles. The Morgan fingerprint density at radius 1 is 1.15 bits per heavy atom. The Bertz CT molecular complexity index is 1060. The summed E-state index contributed by atoms with van der Waals surface area (Å²) in [5, 5.41) is 0.543. The van der Waals surface area contributed by atoms with Crippen LogP contribution in [0, 0.1) is 0 Å². The van der Waals surface area contributed by atoms with Crippen molar-refractivity contribution in [2.24, 2.45) is 0 Å². The Kier molecular flexibility index (Phi) is 5.68. The van der Waals surface area contributed by atoms with Crippen molar-refractivity contribution in [2.75, 3.05) is 6.26 Å². The van der Waals surface area contributed by atoms with Gasteiger partial charge in [-0.2, -0.15) is 0 Å². The lowest BCUT2D eigenvalue weighted by molar-refractivity contribution is 0.602. The predicted molar refractivity (Wildman–Crippen MR) is 113 cm³/mol. The van der Waals surface area contributed by atoms with Gasteiger partial charge in [0.2, 0.25) is 0 Å². The Morgan fingerprint density at radius 2 is 1.85 bits per heavy atom. The predicted octanol–water partition coefficient (Wildman–Crippen LogP) is 5.88. The van der Waals surface area contributed by atoms with Crippen LogP contribution in [0.4, 0.5) is 0 Å². The van der Waals surface area contributed by atoms with Gasteiger partial charge in [0.15, 0.2) is 9.84 Å². The molecule has 0 aliphatic heterocycles. The largest absolute Gasteiger partial charge is 0.254 e. The normalized spacial score (nSPS) is 14.9. The average Bonchev–Trinajstić information content (AvgIpc) is 2.82. The summed E-state index contributed by atoms with van der Waals surface area (Å²) in [4.78, 5) is 4.89. The molecule has 1 aliphatic carbocycles. The van der Waals surface area contributed by atoms with Crippen molar-refractivity contribution in [3.8, 4) is 11.1 Å². The van der Waals surface area contributed by atoms with E-state index in [0.717, 1.165) is 35.2 Å². The molecule has 1 aromatic heterocycles. The molecular formula is C22H22ClNO2S. The van der Waals surface area contributed by atoms with E-state index >= 15 is 0 Å². The van der Waals surface area contributed by atoms with Gasteiger partial charge in [-0.3, -0.25) is 4.98 Å². The highest BCUT2D eigenvalue weighted by Gasteiger charge is 2.14. The second kappa shape index (κ2) is 7.83. The number of benzene rings is 1. The molecule has 0 atom stereocenters. The van der Waals surface area contributed by atoms with E-state index in [1.807, 2.05) is 6.07 Å². The van der Waals surface area contributed by atoms with E-state index in [-0.39, 0.29) is 0 Å². The molecule has 0 spiro atoms. The first-order chi connectivity index (χ1) is 12.8. The van der Waals surface area contributed by atoms with Gasteiger partial charge < -0.3 is 0 Å². The SMILES string of the molecule is CCC1=CC(c2ncc(Cl)cc2-c2ccc(S(C)(=O)=O)cc2)=CC=C(C)C1. The maximum absolute atomic E-state index is 11.7. The minimum absolute atomic E-state index is 0.295. The fourth-order valence-electron chi connectivity index (χ4n) is 3.11. The van der Waals surface area contributed by atoms with Gasteiger partial charge in [-0.05, 0) is 43.5 Å². The molecule has 140 valence electrons. The smallest absolute Gasteiger partial charge is 0.175 e. The zero-order valence-corrected chi connectivity index (χ0v) is 17.2. The van der Waals surface area contributed by atoms with E-state index in [1.54, 1.807) is 30.5 Å². The highest BCUT2D eigenvalue weighted by molar-refractivity contribution is 7.90. The Balaban J connectivity index is 2.14. The number of hydrogen-bond donors (Lipinski definition) is 0. The maximum atomic E-state index is 11.7. The van der Waals surface area contributed by atoms with Gasteiger partial charge in [0.1, 0.15) is 0 Å². The van der Waals surface area contributed by atoms with Crippen LogP contribution in [0.25, 0.3) is 16.7 Å². The zero-order chi connectivity index (χ0) is 19.6. The highest BCUT2D eigenvalue weighted by Crippen LogP contribution is 2.33. The third-order valence-corrected chi connectivity index (χ3v) is 5.92. The summed E-state index contributed by atoms with van der Waals surface area (Å²) >= 11 is 6.22. The van der Waals surface area contributed by atoms with Crippen LogP contribution in [0.5, 0.6) is 0 Å². The first kappa shape index (κ1) is 19.6. The second-order valence-electron chi connectivity index (χ2n) is 6.81. The molecule has 3 rings (SSSR count). The summed E-state index contributed by atoms with van der Waals surface area (Å²) in [7, 11) is -3.23.